The summed E-state index contributed by atoms with van der Waals surface area (Å²) >= 11 is 5.90. The minimum Gasteiger partial charge on any atom is -0.350 e. The van der Waals surface area contributed by atoms with Crippen molar-refractivity contribution >= 4 is 23.1 Å². The topological polar surface area (TPSA) is 62.0 Å². The summed E-state index contributed by atoms with van der Waals surface area (Å²) in [5, 5.41) is 2.39. The molecular weight excluding hydrogens is 405 g/mol. The van der Waals surface area contributed by atoms with Gasteiger partial charge in [-0.3, -0.25) is 9.59 Å². The largest absolute Gasteiger partial charge is 0.417 e. The van der Waals surface area contributed by atoms with Crippen LogP contribution in [0.2, 0.25) is 5.02 Å². The molecule has 0 unspecified atom stereocenters. The normalized spacial score (nSPS) is 20.1. The first-order valence-electron chi connectivity index (χ1n) is 9.34. The third-order valence-corrected chi connectivity index (χ3v) is 5.54. The van der Waals surface area contributed by atoms with Gasteiger partial charge in [0.2, 0.25) is 5.91 Å². The summed E-state index contributed by atoms with van der Waals surface area (Å²) in [4.78, 5) is 26.9. The fourth-order valence-corrected chi connectivity index (χ4v) is 3.86. The summed E-state index contributed by atoms with van der Waals surface area (Å²) in [5.74, 6) is 0.184. The van der Waals surface area contributed by atoms with Gasteiger partial charge >= 0.3 is 6.18 Å². The van der Waals surface area contributed by atoms with Crippen molar-refractivity contribution in [3.05, 3.63) is 74.2 Å². The second-order valence-electron chi connectivity index (χ2n) is 7.42. The average Bonchev–Trinajstić information content (AvgIpc) is 3.40. The van der Waals surface area contributed by atoms with E-state index in [1.807, 2.05) is 0 Å². The van der Waals surface area contributed by atoms with E-state index in [0.717, 1.165) is 18.9 Å². The highest BCUT2D eigenvalue weighted by atomic mass is 35.5. The van der Waals surface area contributed by atoms with Crippen molar-refractivity contribution in [2.75, 3.05) is 0 Å². The van der Waals surface area contributed by atoms with Gasteiger partial charge in [0.15, 0.2) is 0 Å². The Labute approximate surface area is 169 Å². The third-order valence-electron chi connectivity index (χ3n) is 5.23. The molecule has 0 bridgehead atoms. The molecule has 29 heavy (non-hydrogen) atoms. The number of H-pyrrole nitrogens is 1. The number of nitrogens with one attached hydrogen (secondary N) is 2. The summed E-state index contributed by atoms with van der Waals surface area (Å²) in [6, 6.07) is 6.73. The molecule has 1 atom stereocenters. The maximum atomic E-state index is 13.1. The minimum atomic E-state index is -4.56. The Morgan fingerprint density at radius 3 is 2.41 bits per heavy atom. The predicted octanol–water partition coefficient (Wildman–Crippen LogP) is 4.63. The van der Waals surface area contributed by atoms with Gasteiger partial charge in [-0.05, 0) is 48.9 Å². The van der Waals surface area contributed by atoms with Crippen LogP contribution in [0.15, 0.2) is 41.2 Å². The number of carbonyl (C=O) groups excluding carboxylic acids is 1. The molecule has 1 saturated heterocycles. The van der Waals surface area contributed by atoms with Gasteiger partial charge in [-0.15, -0.1) is 0 Å². The average molecular weight is 423 g/mol. The maximum Gasteiger partial charge on any atom is 0.417 e. The quantitative estimate of drug-likeness (QED) is 0.754. The molecule has 152 valence electrons. The van der Waals surface area contributed by atoms with Crippen molar-refractivity contribution in [1.82, 2.24) is 10.3 Å². The van der Waals surface area contributed by atoms with Crippen molar-refractivity contribution in [1.29, 1.82) is 0 Å². The molecule has 0 spiro atoms. The molecule has 1 aromatic heterocycles. The second kappa shape index (κ2) is 7.37. The summed E-state index contributed by atoms with van der Waals surface area (Å²) in [5.41, 5.74) is 1.01. The Bertz CT molecular complexity index is 1050. The maximum absolute atomic E-state index is 13.1. The molecule has 1 aliphatic heterocycles. The zero-order chi connectivity index (χ0) is 20.8. The van der Waals surface area contributed by atoms with E-state index >= 15 is 0 Å². The van der Waals surface area contributed by atoms with Gasteiger partial charge in [-0.2, -0.15) is 13.2 Å². The summed E-state index contributed by atoms with van der Waals surface area (Å²) in [7, 11) is 0. The Morgan fingerprint density at radius 2 is 1.86 bits per heavy atom. The smallest absolute Gasteiger partial charge is 0.350 e. The number of halogens is 4. The number of amides is 1. The summed E-state index contributed by atoms with van der Waals surface area (Å²) in [6.45, 7) is 0. The van der Waals surface area contributed by atoms with E-state index in [-0.39, 0.29) is 23.4 Å². The molecule has 2 aliphatic rings. The minimum absolute atomic E-state index is 0.0892. The van der Waals surface area contributed by atoms with E-state index in [1.54, 1.807) is 18.2 Å². The second-order valence-corrected chi connectivity index (χ2v) is 7.82. The lowest BCUT2D eigenvalue weighted by Crippen LogP contribution is -2.23. The molecule has 1 aromatic carbocycles. The molecule has 0 radical (unpaired) electrons. The number of alkyl halides is 3. The fraction of sp³-hybridized carbons (Fsp3) is 0.333. The lowest BCUT2D eigenvalue weighted by molar-refractivity contribution is -0.137. The third kappa shape index (κ3) is 4.24. The first-order chi connectivity index (χ1) is 13.7. The number of hydrogen-bond donors (Lipinski definition) is 2. The molecule has 1 saturated carbocycles. The highest BCUT2D eigenvalue weighted by molar-refractivity contribution is 6.31. The zero-order valence-electron chi connectivity index (χ0n) is 15.3. The number of benzene rings is 1. The lowest BCUT2D eigenvalue weighted by atomic mass is 9.97. The van der Waals surface area contributed by atoms with Gasteiger partial charge in [0.1, 0.15) is 0 Å². The Hall–Kier alpha value is -2.54. The highest BCUT2D eigenvalue weighted by Crippen LogP contribution is 2.39. The van der Waals surface area contributed by atoms with Crippen molar-refractivity contribution in [2.45, 2.75) is 43.8 Å². The molecule has 1 aliphatic carbocycles. The standard InChI is InChI=1S/C21H18ClF3N2O2/c22-17-9-12(3-6-16(17)21(23,24)25)15(10-13-4-8-19(28)26-13)18-7-5-14(11-1-2-11)20(29)27-18/h3,5-7,9-11,13H,1-2,4,8H2,(H,26,28)(H,27,29)/t13-/m1/s1. The predicted molar refractivity (Wildman–Crippen MR) is 104 cm³/mol. The van der Waals surface area contributed by atoms with Gasteiger partial charge in [0.25, 0.3) is 5.56 Å². The van der Waals surface area contributed by atoms with E-state index in [2.05, 4.69) is 10.3 Å². The number of pyridine rings is 1. The number of hydrogen-bond acceptors (Lipinski definition) is 2. The molecule has 1 amide bonds. The number of aromatic nitrogens is 1. The Kier molecular flexibility index (Phi) is 5.02. The van der Waals surface area contributed by atoms with Crippen LogP contribution in [-0.2, 0) is 11.0 Å². The number of aromatic amines is 1. The van der Waals surface area contributed by atoms with E-state index in [1.165, 1.54) is 12.1 Å². The molecule has 2 aromatic rings. The number of carbonyl (C=O) groups is 1. The van der Waals surface area contributed by atoms with E-state index in [0.29, 0.717) is 35.2 Å². The van der Waals surface area contributed by atoms with Gasteiger partial charge < -0.3 is 10.3 Å². The molecule has 2 heterocycles. The van der Waals surface area contributed by atoms with Gasteiger partial charge in [-0.1, -0.05) is 29.8 Å². The Morgan fingerprint density at radius 1 is 1.10 bits per heavy atom. The van der Waals surface area contributed by atoms with Crippen LogP contribution in [0.4, 0.5) is 13.2 Å². The molecule has 8 heteroatoms. The van der Waals surface area contributed by atoms with Gasteiger partial charge in [0.05, 0.1) is 10.6 Å². The van der Waals surface area contributed by atoms with Crippen LogP contribution >= 0.6 is 11.6 Å². The zero-order valence-corrected chi connectivity index (χ0v) is 16.0. The molecular formula is C21H18ClF3N2O2. The van der Waals surface area contributed by atoms with Gasteiger partial charge in [-0.25, -0.2) is 0 Å². The first kappa shape index (κ1) is 19.8. The van der Waals surface area contributed by atoms with Crippen LogP contribution in [0.5, 0.6) is 0 Å². The first-order valence-corrected chi connectivity index (χ1v) is 9.72. The van der Waals surface area contributed by atoms with Crippen LogP contribution in [-0.4, -0.2) is 16.9 Å². The van der Waals surface area contributed by atoms with Crippen LogP contribution < -0.4 is 10.9 Å². The summed E-state index contributed by atoms with van der Waals surface area (Å²) in [6.07, 6.45) is 0.104. The number of rotatable bonds is 4. The van der Waals surface area contributed by atoms with E-state index in [9.17, 15) is 22.8 Å². The van der Waals surface area contributed by atoms with E-state index < -0.39 is 16.8 Å². The highest BCUT2D eigenvalue weighted by Gasteiger charge is 2.33. The van der Waals surface area contributed by atoms with Crippen molar-refractivity contribution in [3.63, 3.8) is 0 Å². The van der Waals surface area contributed by atoms with Crippen LogP contribution in [0, 0.1) is 0 Å². The van der Waals surface area contributed by atoms with Crippen molar-refractivity contribution < 1.29 is 18.0 Å². The SMILES string of the molecule is O=C1CC[C@H](C=C(c2ccc(C(F)(F)F)c(Cl)c2)c2ccc(C3CC3)c(=O)[nH]2)N1. The molecule has 2 fully saturated rings. The van der Waals surface area contributed by atoms with Crippen LogP contribution in [0.1, 0.15) is 54.0 Å². The molecule has 4 nitrogen and oxygen atoms in total. The van der Waals surface area contributed by atoms with Crippen molar-refractivity contribution in [2.24, 2.45) is 0 Å². The molecule has 2 N–H and O–H groups in total. The van der Waals surface area contributed by atoms with Crippen molar-refractivity contribution in [3.8, 4) is 0 Å². The monoisotopic (exact) mass is 422 g/mol. The molecule has 4 rings (SSSR count). The van der Waals surface area contributed by atoms with Gasteiger partial charge in [0, 0.05) is 29.3 Å². The fourth-order valence-electron chi connectivity index (χ4n) is 3.58. The van der Waals surface area contributed by atoms with Crippen LogP contribution in [0.3, 0.4) is 0 Å². The lowest BCUT2D eigenvalue weighted by Gasteiger charge is -2.15. The van der Waals surface area contributed by atoms with Crippen LogP contribution in [0.25, 0.3) is 5.57 Å². The Balaban J connectivity index is 1.78. The summed E-state index contributed by atoms with van der Waals surface area (Å²) < 4.78 is 39.2. The van der Waals surface area contributed by atoms with E-state index in [4.69, 9.17) is 11.6 Å².